The summed E-state index contributed by atoms with van der Waals surface area (Å²) in [6.45, 7) is 4.10. The van der Waals surface area contributed by atoms with E-state index in [0.29, 0.717) is 24.3 Å². The lowest BCUT2D eigenvalue weighted by atomic mass is 10.0. The van der Waals surface area contributed by atoms with Crippen LogP contribution >= 0.6 is 0 Å². The molecule has 0 aliphatic rings. The van der Waals surface area contributed by atoms with Crippen LogP contribution in [-0.4, -0.2) is 29.2 Å². The van der Waals surface area contributed by atoms with E-state index < -0.39 is 10.5 Å². The van der Waals surface area contributed by atoms with Gasteiger partial charge in [-0.2, -0.15) is 0 Å². The van der Waals surface area contributed by atoms with E-state index in [1.54, 1.807) is 20.0 Å². The van der Waals surface area contributed by atoms with E-state index in [-0.39, 0.29) is 5.69 Å². The lowest BCUT2D eigenvalue weighted by molar-refractivity contribution is -0.384. The van der Waals surface area contributed by atoms with Crippen molar-refractivity contribution < 1.29 is 10.0 Å². The Hall–Kier alpha value is -1.82. The van der Waals surface area contributed by atoms with Crippen LogP contribution in [0.25, 0.3) is 0 Å². The molecular formula is C13H21N3O3. The molecule has 0 aromatic heterocycles. The first-order chi connectivity index (χ1) is 8.88. The Bertz CT molecular complexity index is 447. The molecule has 0 aliphatic carbocycles. The van der Waals surface area contributed by atoms with Crippen LogP contribution < -0.4 is 10.6 Å². The van der Waals surface area contributed by atoms with Crippen molar-refractivity contribution in [2.45, 2.75) is 32.3 Å². The standard InChI is InChI=1S/C13H21N3O3/c1-4-5-13(2,17)9-15-11-6-10(14-3)7-12(8-11)16(18)19/h6-8,14-15,17H,4-5,9H2,1-3H3. The minimum atomic E-state index is -0.820. The van der Waals surface area contributed by atoms with Gasteiger partial charge in [0.1, 0.15) is 0 Å². The van der Waals surface area contributed by atoms with Gasteiger partial charge in [0.05, 0.1) is 10.5 Å². The van der Waals surface area contributed by atoms with E-state index in [9.17, 15) is 15.2 Å². The SMILES string of the molecule is CCCC(C)(O)CNc1cc(NC)cc([N+](=O)[O-])c1. The van der Waals surface area contributed by atoms with Crippen LogP contribution in [0.5, 0.6) is 0 Å². The monoisotopic (exact) mass is 267 g/mol. The third kappa shape index (κ3) is 4.75. The van der Waals surface area contributed by atoms with Gasteiger partial charge in [-0.3, -0.25) is 10.1 Å². The molecule has 106 valence electrons. The van der Waals surface area contributed by atoms with Crippen molar-refractivity contribution >= 4 is 17.1 Å². The molecule has 0 spiro atoms. The number of non-ortho nitro benzene ring substituents is 1. The highest BCUT2D eigenvalue weighted by molar-refractivity contribution is 5.63. The number of anilines is 2. The quantitative estimate of drug-likeness (QED) is 0.522. The summed E-state index contributed by atoms with van der Waals surface area (Å²) in [5, 5.41) is 26.8. The van der Waals surface area contributed by atoms with Crippen molar-refractivity contribution in [1.82, 2.24) is 0 Å². The zero-order chi connectivity index (χ0) is 14.5. The molecule has 1 atom stereocenters. The maximum absolute atomic E-state index is 10.8. The predicted molar refractivity (Wildman–Crippen MR) is 76.7 cm³/mol. The fraction of sp³-hybridized carbons (Fsp3) is 0.538. The first-order valence-electron chi connectivity index (χ1n) is 6.31. The first-order valence-corrected chi connectivity index (χ1v) is 6.31. The highest BCUT2D eigenvalue weighted by Crippen LogP contribution is 2.24. The van der Waals surface area contributed by atoms with Crippen molar-refractivity contribution in [3.63, 3.8) is 0 Å². The third-order valence-corrected chi connectivity index (χ3v) is 2.88. The van der Waals surface area contributed by atoms with Crippen LogP contribution in [0, 0.1) is 10.1 Å². The Morgan fingerprint density at radius 3 is 2.53 bits per heavy atom. The third-order valence-electron chi connectivity index (χ3n) is 2.88. The molecule has 0 saturated heterocycles. The molecule has 1 rings (SSSR count). The van der Waals surface area contributed by atoms with Crippen molar-refractivity contribution in [3.05, 3.63) is 28.3 Å². The fourth-order valence-corrected chi connectivity index (χ4v) is 1.88. The molecule has 0 bridgehead atoms. The smallest absolute Gasteiger partial charge is 0.273 e. The number of nitrogens with one attached hydrogen (secondary N) is 2. The summed E-state index contributed by atoms with van der Waals surface area (Å²) >= 11 is 0. The molecule has 1 aromatic carbocycles. The highest BCUT2D eigenvalue weighted by atomic mass is 16.6. The van der Waals surface area contributed by atoms with Crippen LogP contribution in [0.3, 0.4) is 0 Å². The summed E-state index contributed by atoms with van der Waals surface area (Å²) < 4.78 is 0. The van der Waals surface area contributed by atoms with Crippen LogP contribution in [0.1, 0.15) is 26.7 Å². The largest absolute Gasteiger partial charge is 0.388 e. The van der Waals surface area contributed by atoms with Gasteiger partial charge in [0.2, 0.25) is 0 Å². The molecule has 0 heterocycles. The second-order valence-corrected chi connectivity index (χ2v) is 4.88. The Labute approximate surface area is 113 Å². The second-order valence-electron chi connectivity index (χ2n) is 4.88. The Morgan fingerprint density at radius 2 is 2.00 bits per heavy atom. The van der Waals surface area contributed by atoms with Gasteiger partial charge in [-0.15, -0.1) is 0 Å². The molecule has 0 saturated carbocycles. The van der Waals surface area contributed by atoms with Gasteiger partial charge in [-0.05, 0) is 19.4 Å². The molecule has 0 radical (unpaired) electrons. The van der Waals surface area contributed by atoms with Crippen molar-refractivity contribution in [3.8, 4) is 0 Å². The van der Waals surface area contributed by atoms with Gasteiger partial charge in [0.25, 0.3) is 5.69 Å². The number of aliphatic hydroxyl groups is 1. The van der Waals surface area contributed by atoms with Gasteiger partial charge in [-0.25, -0.2) is 0 Å². The number of nitro benzene ring substituents is 1. The zero-order valence-corrected chi connectivity index (χ0v) is 11.6. The lowest BCUT2D eigenvalue weighted by Crippen LogP contribution is -2.33. The topological polar surface area (TPSA) is 87.4 Å². The van der Waals surface area contributed by atoms with Crippen molar-refractivity contribution in [2.24, 2.45) is 0 Å². The zero-order valence-electron chi connectivity index (χ0n) is 11.6. The molecule has 6 nitrogen and oxygen atoms in total. The maximum atomic E-state index is 10.8. The summed E-state index contributed by atoms with van der Waals surface area (Å²) in [5.74, 6) is 0. The molecular weight excluding hydrogens is 246 g/mol. The van der Waals surface area contributed by atoms with Crippen LogP contribution in [0.4, 0.5) is 17.1 Å². The van der Waals surface area contributed by atoms with Crippen LogP contribution in [0.2, 0.25) is 0 Å². The molecule has 0 fully saturated rings. The number of hydrogen-bond donors (Lipinski definition) is 3. The molecule has 0 amide bonds. The van der Waals surface area contributed by atoms with E-state index >= 15 is 0 Å². The van der Waals surface area contributed by atoms with Gasteiger partial charge in [-0.1, -0.05) is 13.3 Å². The predicted octanol–water partition coefficient (Wildman–Crippen LogP) is 2.60. The molecule has 3 N–H and O–H groups in total. The number of nitrogens with zero attached hydrogens (tertiary/aromatic N) is 1. The van der Waals surface area contributed by atoms with E-state index in [2.05, 4.69) is 10.6 Å². The number of rotatable bonds is 7. The van der Waals surface area contributed by atoms with Gasteiger partial charge in [0.15, 0.2) is 0 Å². The molecule has 0 aliphatic heterocycles. The lowest BCUT2D eigenvalue weighted by Gasteiger charge is -2.23. The van der Waals surface area contributed by atoms with Gasteiger partial charge < -0.3 is 15.7 Å². The Morgan fingerprint density at radius 1 is 1.37 bits per heavy atom. The van der Waals surface area contributed by atoms with Gasteiger partial charge >= 0.3 is 0 Å². The highest BCUT2D eigenvalue weighted by Gasteiger charge is 2.19. The van der Waals surface area contributed by atoms with Crippen LogP contribution in [0.15, 0.2) is 18.2 Å². The average molecular weight is 267 g/mol. The number of nitro groups is 1. The van der Waals surface area contributed by atoms with Crippen LogP contribution in [-0.2, 0) is 0 Å². The summed E-state index contributed by atoms with van der Waals surface area (Å²) in [4.78, 5) is 10.4. The van der Waals surface area contributed by atoms with Gasteiger partial charge in [0, 0.05) is 37.1 Å². The van der Waals surface area contributed by atoms with E-state index in [0.717, 1.165) is 6.42 Å². The average Bonchev–Trinajstić information content (AvgIpc) is 2.36. The van der Waals surface area contributed by atoms with Crippen molar-refractivity contribution in [1.29, 1.82) is 0 Å². The van der Waals surface area contributed by atoms with E-state index in [1.807, 2.05) is 6.92 Å². The minimum absolute atomic E-state index is 0.0180. The van der Waals surface area contributed by atoms with E-state index in [4.69, 9.17) is 0 Å². The summed E-state index contributed by atoms with van der Waals surface area (Å²) in [6, 6.07) is 4.70. The minimum Gasteiger partial charge on any atom is -0.388 e. The normalized spacial score (nSPS) is 13.7. The Balaban J connectivity index is 2.83. The molecule has 19 heavy (non-hydrogen) atoms. The molecule has 1 unspecified atom stereocenters. The second kappa shape index (κ2) is 6.38. The van der Waals surface area contributed by atoms with E-state index in [1.165, 1.54) is 12.1 Å². The fourth-order valence-electron chi connectivity index (χ4n) is 1.88. The number of benzene rings is 1. The first kappa shape index (κ1) is 15.2. The summed E-state index contributed by atoms with van der Waals surface area (Å²) in [7, 11) is 1.70. The number of hydrogen-bond acceptors (Lipinski definition) is 5. The molecule has 6 heteroatoms. The summed E-state index contributed by atoms with van der Waals surface area (Å²) in [5.41, 5.74) is 0.477. The Kier molecular flexibility index (Phi) is 5.11. The maximum Gasteiger partial charge on any atom is 0.273 e. The molecule has 1 aromatic rings. The van der Waals surface area contributed by atoms with Crippen molar-refractivity contribution in [2.75, 3.05) is 24.2 Å². The summed E-state index contributed by atoms with van der Waals surface area (Å²) in [6.07, 6.45) is 1.55.